The summed E-state index contributed by atoms with van der Waals surface area (Å²) in [6.45, 7) is 12.9. The number of ketones is 1. The largest absolute Gasteiger partial charge is 0.444 e. The summed E-state index contributed by atoms with van der Waals surface area (Å²) < 4.78 is 5.34. The van der Waals surface area contributed by atoms with Gasteiger partial charge in [0.05, 0.1) is 6.04 Å². The zero-order valence-electron chi connectivity index (χ0n) is 22.2. The Kier molecular flexibility index (Phi) is 9.30. The highest BCUT2D eigenvalue weighted by atomic mass is 16.6. The van der Waals surface area contributed by atoms with Crippen LogP contribution in [0.4, 0.5) is 4.79 Å². The second-order valence-electron chi connectivity index (χ2n) is 11.6. The van der Waals surface area contributed by atoms with Gasteiger partial charge >= 0.3 is 6.09 Å². The standard InChI is InChI=1S/C25H42N4O6/c1-8-10-16(18(30)21(32)26-15-12-13-15)27-20(31)17-11-9-14-29(17)22(33)19(24(2,3)4)28-23(34)35-25(5,6)7/h15-17,19H,8-14H2,1-7H3,(H,26,32)(H,27,31)(H,28,34)/t16-,17-,19+/m0/s1. The first-order valence-electron chi connectivity index (χ1n) is 12.6. The number of rotatable bonds is 9. The summed E-state index contributed by atoms with van der Waals surface area (Å²) in [4.78, 5) is 65.5. The number of carbonyl (C=O) groups is 5. The summed E-state index contributed by atoms with van der Waals surface area (Å²) in [5.74, 6) is -2.19. The average Bonchev–Trinajstić information content (AvgIpc) is 3.39. The minimum Gasteiger partial charge on any atom is -0.444 e. The molecule has 1 saturated carbocycles. The van der Waals surface area contributed by atoms with Crippen molar-refractivity contribution in [2.24, 2.45) is 5.41 Å². The van der Waals surface area contributed by atoms with E-state index in [1.807, 2.05) is 27.7 Å². The van der Waals surface area contributed by atoms with Gasteiger partial charge in [-0.25, -0.2) is 4.79 Å². The van der Waals surface area contributed by atoms with Gasteiger partial charge in [0.2, 0.25) is 17.6 Å². The molecule has 10 nitrogen and oxygen atoms in total. The molecule has 0 radical (unpaired) electrons. The van der Waals surface area contributed by atoms with Gasteiger partial charge in [-0.1, -0.05) is 34.1 Å². The number of ether oxygens (including phenoxy) is 1. The maximum Gasteiger partial charge on any atom is 0.408 e. The van der Waals surface area contributed by atoms with Crippen molar-refractivity contribution in [2.45, 2.75) is 117 Å². The quantitative estimate of drug-likeness (QED) is 0.420. The van der Waals surface area contributed by atoms with Crippen LogP contribution in [0.1, 0.15) is 87.0 Å². The van der Waals surface area contributed by atoms with Crippen LogP contribution in [0.2, 0.25) is 0 Å². The summed E-state index contributed by atoms with van der Waals surface area (Å²) in [6, 6.07) is -2.60. The van der Waals surface area contributed by atoms with Crippen LogP contribution in [0.25, 0.3) is 0 Å². The number of hydrogen-bond acceptors (Lipinski definition) is 6. The molecule has 0 bridgehead atoms. The third-order valence-corrected chi connectivity index (χ3v) is 5.96. The number of carbonyl (C=O) groups excluding carboxylic acids is 5. The van der Waals surface area contributed by atoms with Gasteiger partial charge in [0.15, 0.2) is 0 Å². The van der Waals surface area contributed by atoms with E-state index in [2.05, 4.69) is 16.0 Å². The topological polar surface area (TPSA) is 134 Å². The predicted octanol–water partition coefficient (Wildman–Crippen LogP) is 2.05. The van der Waals surface area contributed by atoms with Crippen molar-refractivity contribution in [2.75, 3.05) is 6.54 Å². The van der Waals surface area contributed by atoms with Crippen molar-refractivity contribution in [3.05, 3.63) is 0 Å². The molecule has 0 spiro atoms. The lowest BCUT2D eigenvalue weighted by molar-refractivity contribution is -0.144. The molecule has 4 amide bonds. The maximum atomic E-state index is 13.5. The van der Waals surface area contributed by atoms with Crippen LogP contribution in [0.3, 0.4) is 0 Å². The Morgan fingerprint density at radius 3 is 2.11 bits per heavy atom. The molecule has 1 aliphatic carbocycles. The Morgan fingerprint density at radius 1 is 0.971 bits per heavy atom. The van der Waals surface area contributed by atoms with E-state index in [0.717, 1.165) is 12.8 Å². The van der Waals surface area contributed by atoms with Gasteiger partial charge in [0, 0.05) is 12.6 Å². The number of likely N-dealkylation sites (tertiary alicyclic amines) is 1. The molecule has 35 heavy (non-hydrogen) atoms. The fourth-order valence-electron chi connectivity index (χ4n) is 4.01. The fourth-order valence-corrected chi connectivity index (χ4v) is 4.01. The minimum absolute atomic E-state index is 0.0409. The molecule has 0 unspecified atom stereocenters. The normalized spacial score (nSPS) is 20.0. The molecule has 0 aromatic carbocycles. The van der Waals surface area contributed by atoms with Crippen LogP contribution < -0.4 is 16.0 Å². The molecule has 1 aliphatic heterocycles. The molecule has 1 saturated heterocycles. The number of Topliss-reactive ketones (excluding diaryl/α,β-unsaturated/α-hetero) is 1. The van der Waals surface area contributed by atoms with E-state index in [0.29, 0.717) is 32.2 Å². The van der Waals surface area contributed by atoms with Crippen molar-refractivity contribution < 1.29 is 28.7 Å². The lowest BCUT2D eigenvalue weighted by atomic mass is 9.85. The van der Waals surface area contributed by atoms with Gasteiger partial charge in [-0.2, -0.15) is 0 Å². The predicted molar refractivity (Wildman–Crippen MR) is 130 cm³/mol. The van der Waals surface area contributed by atoms with Gasteiger partial charge in [-0.15, -0.1) is 0 Å². The molecular formula is C25H42N4O6. The monoisotopic (exact) mass is 494 g/mol. The number of hydrogen-bond donors (Lipinski definition) is 3. The maximum absolute atomic E-state index is 13.5. The molecule has 2 rings (SSSR count). The molecule has 0 aromatic rings. The third-order valence-electron chi connectivity index (χ3n) is 5.96. The molecule has 198 valence electrons. The Labute approximate surface area is 208 Å². The summed E-state index contributed by atoms with van der Waals surface area (Å²) in [5, 5.41) is 8.06. The molecule has 0 aromatic heterocycles. The first kappa shape index (κ1) is 28.6. The van der Waals surface area contributed by atoms with Crippen molar-refractivity contribution in [3.63, 3.8) is 0 Å². The van der Waals surface area contributed by atoms with Crippen LogP contribution in [-0.2, 0) is 23.9 Å². The van der Waals surface area contributed by atoms with Gasteiger partial charge in [-0.3, -0.25) is 19.2 Å². The van der Waals surface area contributed by atoms with E-state index in [9.17, 15) is 24.0 Å². The van der Waals surface area contributed by atoms with Gasteiger partial charge < -0.3 is 25.6 Å². The minimum atomic E-state index is -0.942. The first-order chi connectivity index (χ1) is 16.1. The van der Waals surface area contributed by atoms with Crippen molar-refractivity contribution in [3.8, 4) is 0 Å². The van der Waals surface area contributed by atoms with Crippen molar-refractivity contribution in [1.29, 1.82) is 0 Å². The van der Waals surface area contributed by atoms with E-state index in [1.165, 1.54) is 4.90 Å². The van der Waals surface area contributed by atoms with E-state index in [-0.39, 0.29) is 11.9 Å². The van der Waals surface area contributed by atoms with Gasteiger partial charge in [-0.05, 0) is 58.3 Å². The highest BCUT2D eigenvalue weighted by Crippen LogP contribution is 2.26. The Hall–Kier alpha value is -2.65. The number of nitrogens with zero attached hydrogens (tertiary/aromatic N) is 1. The van der Waals surface area contributed by atoms with Crippen LogP contribution in [0.5, 0.6) is 0 Å². The van der Waals surface area contributed by atoms with Crippen molar-refractivity contribution >= 4 is 29.6 Å². The van der Waals surface area contributed by atoms with Gasteiger partial charge in [0.1, 0.15) is 17.7 Å². The average molecular weight is 495 g/mol. The van der Waals surface area contributed by atoms with Gasteiger partial charge in [0.25, 0.3) is 5.91 Å². The Balaban J connectivity index is 2.12. The smallest absolute Gasteiger partial charge is 0.408 e. The second-order valence-corrected chi connectivity index (χ2v) is 11.6. The zero-order valence-corrected chi connectivity index (χ0v) is 22.2. The Morgan fingerprint density at radius 2 is 1.60 bits per heavy atom. The molecule has 2 aliphatic rings. The molecule has 2 fully saturated rings. The van der Waals surface area contributed by atoms with Crippen LogP contribution in [-0.4, -0.2) is 70.8 Å². The van der Waals surface area contributed by atoms with Crippen LogP contribution >= 0.6 is 0 Å². The molecule has 10 heteroatoms. The lowest BCUT2D eigenvalue weighted by Gasteiger charge is -2.36. The molecular weight excluding hydrogens is 452 g/mol. The summed E-state index contributed by atoms with van der Waals surface area (Å²) >= 11 is 0. The second kappa shape index (κ2) is 11.4. The van der Waals surface area contributed by atoms with E-state index < -0.39 is 52.8 Å². The zero-order chi connectivity index (χ0) is 26.6. The highest BCUT2D eigenvalue weighted by Gasteiger charge is 2.43. The Bertz CT molecular complexity index is 825. The molecule has 3 N–H and O–H groups in total. The SMILES string of the molecule is CCC[C@H](NC(=O)[C@@H]1CCCN1C(=O)[C@@H](NC(=O)OC(C)(C)C)C(C)(C)C)C(=O)C(=O)NC1CC1. The first-order valence-corrected chi connectivity index (χ1v) is 12.6. The number of amides is 4. The summed E-state index contributed by atoms with van der Waals surface area (Å²) in [5.41, 5.74) is -1.36. The highest BCUT2D eigenvalue weighted by molar-refractivity contribution is 6.38. The summed E-state index contributed by atoms with van der Waals surface area (Å²) in [7, 11) is 0. The number of nitrogens with one attached hydrogen (secondary N) is 3. The van der Waals surface area contributed by atoms with Crippen LogP contribution in [0, 0.1) is 5.41 Å². The molecule has 1 heterocycles. The molecule has 3 atom stereocenters. The van der Waals surface area contributed by atoms with Crippen LogP contribution in [0.15, 0.2) is 0 Å². The summed E-state index contributed by atoms with van der Waals surface area (Å²) in [6.07, 6.45) is 2.98. The van der Waals surface area contributed by atoms with E-state index in [4.69, 9.17) is 4.74 Å². The number of alkyl carbamates (subject to hydrolysis) is 1. The lowest BCUT2D eigenvalue weighted by Crippen LogP contribution is -2.59. The fraction of sp³-hybridized carbons (Fsp3) is 0.800. The third kappa shape index (κ3) is 8.50. The van der Waals surface area contributed by atoms with E-state index in [1.54, 1.807) is 20.8 Å². The van der Waals surface area contributed by atoms with E-state index >= 15 is 0 Å². The van der Waals surface area contributed by atoms with Crippen molar-refractivity contribution in [1.82, 2.24) is 20.9 Å².